The highest BCUT2D eigenvalue weighted by Crippen LogP contribution is 2.73. The number of hydrogen-bond donors (Lipinski definition) is 0. The number of ketones is 2. The van der Waals surface area contributed by atoms with E-state index in [0.717, 1.165) is 31.3 Å². The van der Waals surface area contributed by atoms with Crippen molar-refractivity contribution in [3.05, 3.63) is 22.8 Å². The minimum Gasteiger partial charge on any atom is -0.450 e. The predicted octanol–water partition coefficient (Wildman–Crippen LogP) is 4.85. The van der Waals surface area contributed by atoms with Gasteiger partial charge in [0.1, 0.15) is 0 Å². The standard InChI is InChI=1S/C25H31ClO4/c1-12-8-18-15-10-21(26)20-11-22(29)16-9-19(16)24(20,5)17(15)6-7-23(18,4)25(12,13(2)27)30-14(3)28/h10-12,15-19H,6-9H2,1-5H3/t12-,15-,16+,17+,18+,19+,23+,24+,25+/m1/s1. The summed E-state index contributed by atoms with van der Waals surface area (Å²) in [7, 11) is 0. The van der Waals surface area contributed by atoms with E-state index in [1.165, 1.54) is 6.92 Å². The molecule has 5 heteroatoms. The fourth-order valence-corrected chi connectivity index (χ4v) is 8.96. The summed E-state index contributed by atoms with van der Waals surface area (Å²) in [4.78, 5) is 37.5. The monoisotopic (exact) mass is 430 g/mol. The SMILES string of the molecule is CC(=O)O[C@]1(C(C)=O)[C@H](C)C[C@H]2[C@@H]3C=C(Cl)C4=CC(=O)[C@H]5C[C@@H]5[C@]4(C)[C@H]3CC[C@@]21C. The summed E-state index contributed by atoms with van der Waals surface area (Å²) in [5, 5.41) is 0.710. The third-order valence-corrected chi connectivity index (χ3v) is 10.2. The summed E-state index contributed by atoms with van der Waals surface area (Å²) < 4.78 is 5.93. The molecule has 0 amide bonds. The molecule has 4 nitrogen and oxygen atoms in total. The maximum absolute atomic E-state index is 13.0. The van der Waals surface area contributed by atoms with E-state index < -0.39 is 11.0 Å². The highest BCUT2D eigenvalue weighted by Gasteiger charge is 2.72. The molecule has 0 N–H and O–H groups in total. The van der Waals surface area contributed by atoms with E-state index in [-0.39, 0.29) is 46.6 Å². The zero-order valence-electron chi connectivity index (χ0n) is 18.5. The van der Waals surface area contributed by atoms with Crippen LogP contribution in [-0.4, -0.2) is 23.1 Å². The molecule has 9 atom stereocenters. The summed E-state index contributed by atoms with van der Waals surface area (Å²) in [5.74, 6) is 1.16. The van der Waals surface area contributed by atoms with E-state index in [1.54, 1.807) is 6.92 Å². The molecule has 0 spiro atoms. The Hall–Kier alpha value is -1.42. The molecular formula is C25H31ClO4. The molecule has 5 aliphatic rings. The Morgan fingerprint density at radius 3 is 2.47 bits per heavy atom. The highest BCUT2D eigenvalue weighted by molar-refractivity contribution is 6.32. The van der Waals surface area contributed by atoms with Gasteiger partial charge in [-0.15, -0.1) is 0 Å². The zero-order valence-corrected chi connectivity index (χ0v) is 19.2. The topological polar surface area (TPSA) is 60.4 Å². The fourth-order valence-electron chi connectivity index (χ4n) is 8.56. The Morgan fingerprint density at radius 1 is 1.13 bits per heavy atom. The normalized spacial score (nSPS) is 50.9. The molecule has 3 saturated carbocycles. The van der Waals surface area contributed by atoms with Crippen LogP contribution in [0.15, 0.2) is 22.8 Å². The molecule has 0 heterocycles. The van der Waals surface area contributed by atoms with Gasteiger partial charge in [-0.05, 0) is 67.9 Å². The van der Waals surface area contributed by atoms with E-state index in [1.807, 2.05) is 6.08 Å². The number of allylic oxidation sites excluding steroid dienone is 4. The molecule has 162 valence electrons. The Labute approximate surface area is 183 Å². The van der Waals surface area contributed by atoms with Gasteiger partial charge in [-0.3, -0.25) is 14.4 Å². The Bertz CT molecular complexity index is 933. The molecule has 0 radical (unpaired) electrons. The van der Waals surface area contributed by atoms with Crippen LogP contribution in [0.25, 0.3) is 0 Å². The van der Waals surface area contributed by atoms with Gasteiger partial charge in [0.05, 0.1) is 0 Å². The number of rotatable bonds is 2. The van der Waals surface area contributed by atoms with E-state index in [9.17, 15) is 14.4 Å². The molecule has 3 fully saturated rings. The van der Waals surface area contributed by atoms with Crippen LogP contribution in [-0.2, 0) is 19.1 Å². The van der Waals surface area contributed by atoms with Crippen molar-refractivity contribution in [2.75, 3.05) is 0 Å². The third kappa shape index (κ3) is 2.22. The van der Waals surface area contributed by atoms with Crippen molar-refractivity contribution in [1.29, 1.82) is 0 Å². The minimum absolute atomic E-state index is 0.0359. The van der Waals surface area contributed by atoms with Crippen LogP contribution in [0.4, 0.5) is 0 Å². The summed E-state index contributed by atoms with van der Waals surface area (Å²) in [6, 6.07) is 0. The fraction of sp³-hybridized carbons (Fsp3) is 0.720. The Morgan fingerprint density at radius 2 is 1.83 bits per heavy atom. The van der Waals surface area contributed by atoms with Crippen LogP contribution in [0.2, 0.25) is 0 Å². The van der Waals surface area contributed by atoms with Crippen LogP contribution in [0, 0.1) is 46.3 Å². The van der Waals surface area contributed by atoms with Crippen molar-refractivity contribution in [3.63, 3.8) is 0 Å². The largest absolute Gasteiger partial charge is 0.450 e. The maximum atomic E-state index is 13.0. The number of hydrogen-bond acceptors (Lipinski definition) is 4. The van der Waals surface area contributed by atoms with E-state index >= 15 is 0 Å². The van der Waals surface area contributed by atoms with Gasteiger partial charge in [0.25, 0.3) is 0 Å². The van der Waals surface area contributed by atoms with Gasteiger partial charge in [0.2, 0.25) is 0 Å². The Balaban J connectivity index is 1.62. The van der Waals surface area contributed by atoms with Gasteiger partial charge in [-0.25, -0.2) is 0 Å². The number of Topliss-reactive ketones (excluding diaryl/α,β-unsaturated/α-hetero) is 1. The third-order valence-electron chi connectivity index (χ3n) is 9.86. The van der Waals surface area contributed by atoms with Gasteiger partial charge in [0.15, 0.2) is 17.2 Å². The number of carbonyl (C=O) groups excluding carboxylic acids is 3. The van der Waals surface area contributed by atoms with Gasteiger partial charge in [-0.2, -0.15) is 0 Å². The van der Waals surface area contributed by atoms with Crippen molar-refractivity contribution in [3.8, 4) is 0 Å². The van der Waals surface area contributed by atoms with Gasteiger partial charge < -0.3 is 4.74 Å². The average Bonchev–Trinajstić information content (AvgIpc) is 3.42. The average molecular weight is 431 g/mol. The zero-order chi connectivity index (χ0) is 21.8. The van der Waals surface area contributed by atoms with Crippen LogP contribution in [0.5, 0.6) is 0 Å². The summed E-state index contributed by atoms with van der Waals surface area (Å²) in [6.07, 6.45) is 7.57. The minimum atomic E-state index is -1.07. The smallest absolute Gasteiger partial charge is 0.303 e. The molecule has 0 aromatic rings. The second-order valence-electron chi connectivity index (χ2n) is 11.0. The first-order valence-electron chi connectivity index (χ1n) is 11.3. The molecular weight excluding hydrogens is 400 g/mol. The molecule has 5 rings (SSSR count). The lowest BCUT2D eigenvalue weighted by molar-refractivity contribution is -0.191. The Kier molecular flexibility index (Phi) is 4.16. The first kappa shape index (κ1) is 20.5. The van der Waals surface area contributed by atoms with Crippen LogP contribution in [0.3, 0.4) is 0 Å². The summed E-state index contributed by atoms with van der Waals surface area (Å²) in [6.45, 7) is 9.50. The molecule has 30 heavy (non-hydrogen) atoms. The maximum Gasteiger partial charge on any atom is 0.303 e. The second-order valence-corrected chi connectivity index (χ2v) is 11.4. The molecule has 0 bridgehead atoms. The lowest BCUT2D eigenvalue weighted by atomic mass is 9.47. The number of ether oxygens (including phenoxy) is 1. The van der Waals surface area contributed by atoms with Crippen molar-refractivity contribution in [2.24, 2.45) is 46.3 Å². The van der Waals surface area contributed by atoms with Crippen LogP contribution >= 0.6 is 11.6 Å². The van der Waals surface area contributed by atoms with Crippen molar-refractivity contribution in [1.82, 2.24) is 0 Å². The predicted molar refractivity (Wildman–Crippen MR) is 114 cm³/mol. The van der Waals surface area contributed by atoms with Crippen LogP contribution in [0.1, 0.15) is 60.3 Å². The first-order chi connectivity index (χ1) is 14.0. The quantitative estimate of drug-likeness (QED) is 0.587. The molecule has 0 unspecified atom stereocenters. The molecule has 0 aromatic heterocycles. The number of fused-ring (bicyclic) bond motifs is 7. The van der Waals surface area contributed by atoms with Crippen molar-refractivity contribution < 1.29 is 19.1 Å². The molecule has 0 saturated heterocycles. The number of carbonyl (C=O) groups is 3. The van der Waals surface area contributed by atoms with Gasteiger partial charge in [0, 0.05) is 34.6 Å². The van der Waals surface area contributed by atoms with Gasteiger partial charge in [-0.1, -0.05) is 38.4 Å². The first-order valence-corrected chi connectivity index (χ1v) is 11.7. The van der Waals surface area contributed by atoms with Crippen molar-refractivity contribution in [2.45, 2.75) is 65.9 Å². The van der Waals surface area contributed by atoms with E-state index in [2.05, 4.69) is 26.8 Å². The number of halogens is 1. The lowest BCUT2D eigenvalue weighted by Gasteiger charge is -2.58. The summed E-state index contributed by atoms with van der Waals surface area (Å²) >= 11 is 6.83. The van der Waals surface area contributed by atoms with E-state index in [4.69, 9.17) is 16.3 Å². The highest BCUT2D eigenvalue weighted by atomic mass is 35.5. The summed E-state index contributed by atoms with van der Waals surface area (Å²) in [5.41, 5.74) is -0.537. The van der Waals surface area contributed by atoms with Gasteiger partial charge >= 0.3 is 5.97 Å². The van der Waals surface area contributed by atoms with Crippen LogP contribution < -0.4 is 0 Å². The molecule has 0 aliphatic heterocycles. The van der Waals surface area contributed by atoms with E-state index in [0.29, 0.717) is 16.9 Å². The number of esters is 1. The molecule has 0 aromatic carbocycles. The lowest BCUT2D eigenvalue weighted by Crippen LogP contribution is -2.60. The second kappa shape index (κ2) is 6.09. The molecule has 5 aliphatic carbocycles. The van der Waals surface area contributed by atoms with Crippen molar-refractivity contribution >= 4 is 29.1 Å².